The molecular weight excluding hydrogens is 394 g/mol. The smallest absolute Gasteiger partial charge is 0.353 e. The van der Waals surface area contributed by atoms with E-state index in [0.717, 1.165) is 22.2 Å². The minimum Gasteiger partial charge on any atom is -0.478 e. The Morgan fingerprint density at radius 3 is 2.35 bits per heavy atom. The lowest BCUT2D eigenvalue weighted by Crippen LogP contribution is -2.30. The van der Waals surface area contributed by atoms with Gasteiger partial charge in [-0.2, -0.15) is 0 Å². The van der Waals surface area contributed by atoms with Gasteiger partial charge in [0.15, 0.2) is 0 Å². The molecule has 0 amide bonds. The minimum atomic E-state index is -0.979. The summed E-state index contributed by atoms with van der Waals surface area (Å²) in [5.41, 5.74) is 2.09. The van der Waals surface area contributed by atoms with Crippen LogP contribution in [0.4, 0.5) is 0 Å². The molecule has 0 radical (unpaired) electrons. The molecule has 0 unspecified atom stereocenters. The molecule has 0 spiro atoms. The highest BCUT2D eigenvalue weighted by atomic mass is 16.4. The number of carboxylic acid groups (broad SMARTS) is 1. The van der Waals surface area contributed by atoms with Crippen molar-refractivity contribution in [1.82, 2.24) is 14.3 Å². The highest BCUT2D eigenvalue weighted by Crippen LogP contribution is 2.24. The molecule has 2 aromatic carbocycles. The van der Waals surface area contributed by atoms with E-state index in [2.05, 4.69) is 5.10 Å². The third-order valence-electron chi connectivity index (χ3n) is 5.15. The summed E-state index contributed by atoms with van der Waals surface area (Å²) < 4.78 is 2.52. The zero-order chi connectivity index (χ0) is 22.5. The Hall–Kier alpha value is -3.48. The van der Waals surface area contributed by atoms with Crippen LogP contribution >= 0.6 is 0 Å². The Balaban J connectivity index is 1.91. The number of unbranched alkanes of at least 4 members (excludes halogenated alkanes) is 1. The average Bonchev–Trinajstić information content (AvgIpc) is 3.09. The van der Waals surface area contributed by atoms with Gasteiger partial charge in [-0.3, -0.25) is 9.36 Å². The quantitative estimate of drug-likeness (QED) is 0.581. The third kappa shape index (κ3) is 4.82. The Kier molecular flexibility index (Phi) is 6.84. The Morgan fingerprint density at radius 1 is 1.06 bits per heavy atom. The number of benzene rings is 2. The highest BCUT2D eigenvalue weighted by Gasteiger charge is 2.20. The zero-order valence-electron chi connectivity index (χ0n) is 18.0. The maximum absolute atomic E-state index is 12.9. The van der Waals surface area contributed by atoms with Crippen LogP contribution < -0.4 is 5.69 Å². The molecule has 0 aliphatic heterocycles. The van der Waals surface area contributed by atoms with Gasteiger partial charge in [-0.05, 0) is 29.2 Å². The van der Waals surface area contributed by atoms with Gasteiger partial charge in [-0.1, -0.05) is 69.7 Å². The van der Waals surface area contributed by atoms with E-state index in [-0.39, 0.29) is 23.9 Å². The molecule has 1 aromatic heterocycles. The van der Waals surface area contributed by atoms with Crippen LogP contribution in [-0.4, -0.2) is 31.3 Å². The maximum Gasteiger partial charge on any atom is 0.353 e. The van der Waals surface area contributed by atoms with Crippen molar-refractivity contribution in [2.45, 2.75) is 52.5 Å². The van der Waals surface area contributed by atoms with E-state index in [0.29, 0.717) is 24.2 Å². The number of aromatic carboxylic acids is 1. The first kappa shape index (κ1) is 22.2. The van der Waals surface area contributed by atoms with Crippen molar-refractivity contribution in [3.8, 4) is 11.1 Å². The molecule has 7 heteroatoms. The standard InChI is InChI=1S/C24H27N3O4/c1-4-5-10-21(28)27-24(31)26(22(25-27)16(2)3)15-17-11-13-18(14-12-17)19-8-6-7-9-20(19)23(29)30/h6-9,11-14,16H,4-5,10,15H2,1-3H3,(H,29,30). The zero-order valence-corrected chi connectivity index (χ0v) is 18.0. The summed E-state index contributed by atoms with van der Waals surface area (Å²) in [4.78, 5) is 36.8. The highest BCUT2D eigenvalue weighted by molar-refractivity contribution is 5.96. The lowest BCUT2D eigenvalue weighted by Gasteiger charge is -2.10. The molecule has 3 aromatic rings. The van der Waals surface area contributed by atoms with Gasteiger partial charge in [0.25, 0.3) is 5.91 Å². The SMILES string of the molecule is CCCCC(=O)n1nc(C(C)C)n(Cc2ccc(-c3ccccc3C(=O)O)cc2)c1=O. The Bertz CT molecular complexity index is 1140. The first-order valence-corrected chi connectivity index (χ1v) is 10.5. The normalized spacial score (nSPS) is 11.1. The monoisotopic (exact) mass is 421 g/mol. The van der Waals surface area contributed by atoms with Crippen LogP contribution in [0, 0.1) is 0 Å². The van der Waals surface area contributed by atoms with Crippen molar-refractivity contribution in [3.63, 3.8) is 0 Å². The minimum absolute atomic E-state index is 0.0189. The van der Waals surface area contributed by atoms with Crippen molar-refractivity contribution in [2.75, 3.05) is 0 Å². The third-order valence-corrected chi connectivity index (χ3v) is 5.15. The maximum atomic E-state index is 12.9. The summed E-state index contributed by atoms with van der Waals surface area (Å²) in [6.45, 7) is 6.15. The summed E-state index contributed by atoms with van der Waals surface area (Å²) in [6.07, 6.45) is 1.88. The second-order valence-corrected chi connectivity index (χ2v) is 7.84. The molecule has 0 saturated heterocycles. The van der Waals surface area contributed by atoms with E-state index in [1.807, 2.05) is 45.0 Å². The number of hydrogen-bond acceptors (Lipinski definition) is 4. The van der Waals surface area contributed by atoms with Gasteiger partial charge in [0.05, 0.1) is 12.1 Å². The molecule has 0 bridgehead atoms. The van der Waals surface area contributed by atoms with E-state index in [9.17, 15) is 19.5 Å². The fourth-order valence-corrected chi connectivity index (χ4v) is 3.48. The van der Waals surface area contributed by atoms with Crippen LogP contribution in [-0.2, 0) is 6.54 Å². The van der Waals surface area contributed by atoms with Gasteiger partial charge in [-0.15, -0.1) is 9.78 Å². The fraction of sp³-hybridized carbons (Fsp3) is 0.333. The van der Waals surface area contributed by atoms with Crippen LogP contribution in [0.1, 0.15) is 72.5 Å². The molecule has 0 aliphatic rings. The lowest BCUT2D eigenvalue weighted by molar-refractivity contribution is 0.0697. The summed E-state index contributed by atoms with van der Waals surface area (Å²) >= 11 is 0. The largest absolute Gasteiger partial charge is 0.478 e. The summed E-state index contributed by atoms with van der Waals surface area (Å²) in [7, 11) is 0. The fourth-order valence-electron chi connectivity index (χ4n) is 3.48. The van der Waals surface area contributed by atoms with Crippen molar-refractivity contribution < 1.29 is 14.7 Å². The first-order chi connectivity index (χ1) is 14.8. The predicted molar refractivity (Wildman–Crippen MR) is 119 cm³/mol. The molecule has 0 atom stereocenters. The Morgan fingerprint density at radius 2 is 1.74 bits per heavy atom. The van der Waals surface area contributed by atoms with Crippen molar-refractivity contribution >= 4 is 11.9 Å². The number of aromatic nitrogens is 3. The predicted octanol–water partition coefficient (Wildman–Crippen LogP) is 4.41. The molecule has 31 heavy (non-hydrogen) atoms. The second-order valence-electron chi connectivity index (χ2n) is 7.84. The Labute approximate surface area is 181 Å². The van der Waals surface area contributed by atoms with Gasteiger partial charge in [-0.25, -0.2) is 9.59 Å². The number of rotatable bonds is 8. The first-order valence-electron chi connectivity index (χ1n) is 10.5. The van der Waals surface area contributed by atoms with Crippen molar-refractivity contribution in [2.24, 2.45) is 0 Å². The van der Waals surface area contributed by atoms with Gasteiger partial charge in [0.2, 0.25) is 0 Å². The summed E-state index contributed by atoms with van der Waals surface area (Å²) in [5, 5.41) is 13.7. The van der Waals surface area contributed by atoms with E-state index < -0.39 is 11.7 Å². The molecule has 1 N–H and O–H groups in total. The number of nitrogens with zero attached hydrogens (tertiary/aromatic N) is 3. The lowest BCUT2D eigenvalue weighted by atomic mass is 9.99. The topological polar surface area (TPSA) is 94.2 Å². The number of carbonyl (C=O) groups excluding carboxylic acids is 1. The molecule has 0 fully saturated rings. The molecule has 0 saturated carbocycles. The number of carboxylic acids is 1. The molecule has 162 valence electrons. The molecular formula is C24H27N3O4. The van der Waals surface area contributed by atoms with Crippen LogP contribution in [0.3, 0.4) is 0 Å². The van der Waals surface area contributed by atoms with Gasteiger partial charge in [0.1, 0.15) is 5.82 Å². The summed E-state index contributed by atoms with van der Waals surface area (Å²) in [6, 6.07) is 14.2. The van der Waals surface area contributed by atoms with Gasteiger partial charge in [0, 0.05) is 12.3 Å². The van der Waals surface area contributed by atoms with Crippen LogP contribution in [0.2, 0.25) is 0 Å². The van der Waals surface area contributed by atoms with E-state index in [4.69, 9.17) is 0 Å². The molecule has 1 heterocycles. The van der Waals surface area contributed by atoms with E-state index in [1.54, 1.807) is 24.3 Å². The number of hydrogen-bond donors (Lipinski definition) is 1. The average molecular weight is 421 g/mol. The molecule has 7 nitrogen and oxygen atoms in total. The molecule has 3 rings (SSSR count). The second kappa shape index (κ2) is 9.55. The number of carbonyl (C=O) groups is 2. The van der Waals surface area contributed by atoms with Crippen LogP contribution in [0.15, 0.2) is 53.3 Å². The summed E-state index contributed by atoms with van der Waals surface area (Å²) in [5.74, 6) is -0.717. The van der Waals surface area contributed by atoms with E-state index in [1.165, 1.54) is 4.57 Å². The van der Waals surface area contributed by atoms with Gasteiger partial charge < -0.3 is 5.11 Å². The van der Waals surface area contributed by atoms with Gasteiger partial charge >= 0.3 is 11.7 Å². The van der Waals surface area contributed by atoms with Crippen LogP contribution in [0.25, 0.3) is 11.1 Å². The van der Waals surface area contributed by atoms with Crippen molar-refractivity contribution in [1.29, 1.82) is 0 Å². The molecule has 0 aliphatic carbocycles. The van der Waals surface area contributed by atoms with Crippen molar-refractivity contribution in [3.05, 3.63) is 76.0 Å². The van der Waals surface area contributed by atoms with Crippen LogP contribution in [0.5, 0.6) is 0 Å². The van der Waals surface area contributed by atoms with E-state index >= 15 is 0 Å².